The minimum atomic E-state index is 0.564. The molecule has 2 aliphatic rings. The normalized spacial score (nSPS) is 27.1. The maximum Gasteiger partial charge on any atom is 0.0866 e. The Labute approximate surface area is 121 Å². The number of likely N-dealkylation sites (tertiary alicyclic amines) is 1. The molecule has 1 aliphatic heterocycles. The maximum atomic E-state index is 8.96. The van der Waals surface area contributed by atoms with Crippen LogP contribution in [-0.4, -0.2) is 36.6 Å². The summed E-state index contributed by atoms with van der Waals surface area (Å²) in [5.74, 6) is 0.663. The van der Waals surface area contributed by atoms with Crippen molar-refractivity contribution in [2.45, 2.75) is 37.8 Å². The third-order valence-corrected chi connectivity index (χ3v) is 4.32. The summed E-state index contributed by atoms with van der Waals surface area (Å²) in [7, 11) is 0. The van der Waals surface area contributed by atoms with Gasteiger partial charge in [-0.3, -0.25) is 4.90 Å². The minimum absolute atomic E-state index is 0.564. The van der Waals surface area contributed by atoms with Crippen molar-refractivity contribution in [2.75, 3.05) is 19.6 Å². The van der Waals surface area contributed by atoms with Crippen LogP contribution in [0, 0.1) is 17.2 Å². The minimum Gasteiger partial charge on any atom is -0.310 e. The second-order valence-electron chi connectivity index (χ2n) is 6.28. The van der Waals surface area contributed by atoms with E-state index in [0.717, 1.165) is 25.6 Å². The molecule has 0 radical (unpaired) electrons. The number of nitriles is 1. The fourth-order valence-corrected chi connectivity index (χ4v) is 3.33. The molecule has 3 rings (SSSR count). The van der Waals surface area contributed by atoms with Crippen LogP contribution in [0.15, 0.2) is 30.3 Å². The van der Waals surface area contributed by atoms with Crippen molar-refractivity contribution in [3.63, 3.8) is 0 Å². The van der Waals surface area contributed by atoms with Crippen molar-refractivity contribution in [3.8, 4) is 6.07 Å². The van der Waals surface area contributed by atoms with E-state index in [1.165, 1.54) is 24.8 Å². The van der Waals surface area contributed by atoms with Crippen molar-refractivity contribution in [1.82, 2.24) is 10.2 Å². The molecular formula is C17H23N3. The summed E-state index contributed by atoms with van der Waals surface area (Å²) in [6, 6.07) is 14.4. The van der Waals surface area contributed by atoms with E-state index in [2.05, 4.69) is 46.6 Å². The van der Waals surface area contributed by atoms with E-state index in [4.69, 9.17) is 5.26 Å². The zero-order valence-electron chi connectivity index (χ0n) is 12.0. The molecule has 1 saturated carbocycles. The van der Waals surface area contributed by atoms with Crippen LogP contribution in [0.4, 0.5) is 0 Å². The average Bonchev–Trinajstić information content (AvgIpc) is 3.24. The van der Waals surface area contributed by atoms with Crippen molar-refractivity contribution in [3.05, 3.63) is 35.9 Å². The number of nitrogens with zero attached hydrogens (tertiary/aromatic N) is 2. The molecule has 106 valence electrons. The van der Waals surface area contributed by atoms with Crippen molar-refractivity contribution >= 4 is 0 Å². The van der Waals surface area contributed by atoms with Crippen LogP contribution in [0.25, 0.3) is 0 Å². The van der Waals surface area contributed by atoms with Gasteiger partial charge in [-0.15, -0.1) is 0 Å². The van der Waals surface area contributed by atoms with Gasteiger partial charge in [-0.05, 0) is 37.2 Å². The highest BCUT2D eigenvalue weighted by molar-refractivity contribution is 5.15. The third-order valence-electron chi connectivity index (χ3n) is 4.32. The fraction of sp³-hybridized carbons (Fsp3) is 0.588. The third kappa shape index (κ3) is 3.82. The van der Waals surface area contributed by atoms with E-state index < -0.39 is 0 Å². The molecule has 3 nitrogen and oxygen atoms in total. The van der Waals surface area contributed by atoms with Gasteiger partial charge in [-0.1, -0.05) is 30.3 Å². The van der Waals surface area contributed by atoms with Crippen LogP contribution >= 0.6 is 0 Å². The van der Waals surface area contributed by atoms with Gasteiger partial charge in [0.1, 0.15) is 0 Å². The maximum absolute atomic E-state index is 8.96. The molecule has 1 N–H and O–H groups in total. The summed E-state index contributed by atoms with van der Waals surface area (Å²) >= 11 is 0. The second-order valence-corrected chi connectivity index (χ2v) is 6.28. The topological polar surface area (TPSA) is 39.1 Å². The number of benzene rings is 1. The summed E-state index contributed by atoms with van der Waals surface area (Å²) in [6.45, 7) is 2.66. The molecule has 2 unspecified atom stereocenters. The Balaban J connectivity index is 1.61. The molecule has 2 fully saturated rings. The summed E-state index contributed by atoms with van der Waals surface area (Å²) < 4.78 is 0. The van der Waals surface area contributed by atoms with Gasteiger partial charge in [0.05, 0.1) is 12.6 Å². The summed E-state index contributed by atoms with van der Waals surface area (Å²) in [6.07, 6.45) is 5.04. The van der Waals surface area contributed by atoms with Gasteiger partial charge >= 0.3 is 0 Å². The lowest BCUT2D eigenvalue weighted by Crippen LogP contribution is -2.50. The molecule has 2 atom stereocenters. The summed E-state index contributed by atoms with van der Waals surface area (Å²) in [5.41, 5.74) is 1.42. The predicted molar refractivity (Wildman–Crippen MR) is 80.3 cm³/mol. The molecule has 3 heteroatoms. The van der Waals surface area contributed by atoms with E-state index in [1.54, 1.807) is 0 Å². The highest BCUT2D eigenvalue weighted by Crippen LogP contribution is 2.25. The van der Waals surface area contributed by atoms with Crippen LogP contribution in [0.5, 0.6) is 0 Å². The molecule has 1 aromatic carbocycles. The lowest BCUT2D eigenvalue weighted by atomic mass is 9.88. The van der Waals surface area contributed by atoms with E-state index in [9.17, 15) is 0 Å². The van der Waals surface area contributed by atoms with Gasteiger partial charge in [-0.2, -0.15) is 5.26 Å². The Bertz CT molecular complexity index is 461. The van der Waals surface area contributed by atoms with Crippen LogP contribution in [0.3, 0.4) is 0 Å². The van der Waals surface area contributed by atoms with Crippen molar-refractivity contribution < 1.29 is 0 Å². The molecule has 0 bridgehead atoms. The predicted octanol–water partition coefficient (Wildman–Crippen LogP) is 2.20. The highest BCUT2D eigenvalue weighted by atomic mass is 15.2. The fourth-order valence-electron chi connectivity index (χ4n) is 3.33. The van der Waals surface area contributed by atoms with Crippen molar-refractivity contribution in [2.24, 2.45) is 5.92 Å². The smallest absolute Gasteiger partial charge is 0.0866 e. The Morgan fingerprint density at radius 1 is 1.15 bits per heavy atom. The number of rotatable bonds is 5. The molecule has 0 amide bonds. The second kappa shape index (κ2) is 6.39. The monoisotopic (exact) mass is 269 g/mol. The summed E-state index contributed by atoms with van der Waals surface area (Å²) in [4.78, 5) is 2.32. The van der Waals surface area contributed by atoms with E-state index in [-0.39, 0.29) is 0 Å². The lowest BCUT2D eigenvalue weighted by Gasteiger charge is -2.37. The van der Waals surface area contributed by atoms with Gasteiger partial charge in [0.15, 0.2) is 0 Å². The number of hydrogen-bond acceptors (Lipinski definition) is 3. The standard InChI is InChI=1S/C17H23N3/c18-8-9-20-12-15(10-14-4-2-1-3-5-14)11-17(13-20)19-16-6-7-16/h1-5,15-17,19H,6-7,9-13H2. The first-order valence-electron chi connectivity index (χ1n) is 7.73. The summed E-state index contributed by atoms with van der Waals surface area (Å²) in [5, 5.41) is 12.7. The Morgan fingerprint density at radius 2 is 1.95 bits per heavy atom. The van der Waals surface area contributed by atoms with Crippen LogP contribution in [0.1, 0.15) is 24.8 Å². The Kier molecular flexibility index (Phi) is 4.34. The van der Waals surface area contributed by atoms with Gasteiger partial charge in [0.2, 0.25) is 0 Å². The van der Waals surface area contributed by atoms with E-state index in [0.29, 0.717) is 18.5 Å². The van der Waals surface area contributed by atoms with Gasteiger partial charge in [-0.25, -0.2) is 0 Å². The zero-order valence-corrected chi connectivity index (χ0v) is 12.0. The van der Waals surface area contributed by atoms with Crippen molar-refractivity contribution in [1.29, 1.82) is 5.26 Å². The Hall–Kier alpha value is -1.37. The Morgan fingerprint density at radius 3 is 2.65 bits per heavy atom. The lowest BCUT2D eigenvalue weighted by molar-refractivity contribution is 0.154. The first-order valence-corrected chi connectivity index (χ1v) is 7.73. The van der Waals surface area contributed by atoms with E-state index >= 15 is 0 Å². The molecule has 0 spiro atoms. The van der Waals surface area contributed by atoms with Gasteiger partial charge < -0.3 is 5.32 Å². The van der Waals surface area contributed by atoms with Crippen LogP contribution in [0.2, 0.25) is 0 Å². The largest absolute Gasteiger partial charge is 0.310 e. The molecule has 1 heterocycles. The average molecular weight is 269 g/mol. The molecular weight excluding hydrogens is 246 g/mol. The first kappa shape index (κ1) is 13.6. The number of hydrogen-bond donors (Lipinski definition) is 1. The quantitative estimate of drug-likeness (QED) is 0.833. The van der Waals surface area contributed by atoms with Gasteiger partial charge in [0, 0.05) is 25.2 Å². The van der Waals surface area contributed by atoms with Gasteiger partial charge in [0.25, 0.3) is 0 Å². The molecule has 1 aromatic rings. The van der Waals surface area contributed by atoms with Crippen LogP contribution in [-0.2, 0) is 6.42 Å². The van der Waals surface area contributed by atoms with Crippen LogP contribution < -0.4 is 5.32 Å². The molecule has 1 aliphatic carbocycles. The molecule has 1 saturated heterocycles. The molecule has 0 aromatic heterocycles. The number of nitrogens with one attached hydrogen (secondary N) is 1. The van der Waals surface area contributed by atoms with E-state index in [1.807, 2.05) is 0 Å². The molecule has 20 heavy (non-hydrogen) atoms. The highest BCUT2D eigenvalue weighted by Gasteiger charge is 2.31. The SMILES string of the molecule is N#CCN1CC(Cc2ccccc2)CC(NC2CC2)C1. The number of piperidine rings is 1. The zero-order chi connectivity index (χ0) is 13.8. The first-order chi connectivity index (χ1) is 9.83.